The van der Waals surface area contributed by atoms with Crippen molar-refractivity contribution in [3.8, 4) is 5.75 Å². The van der Waals surface area contributed by atoms with Crippen LogP contribution in [-0.4, -0.2) is 22.7 Å². The number of hydrogen-bond donors (Lipinski definition) is 1. The fourth-order valence-corrected chi connectivity index (χ4v) is 0.940. The van der Waals surface area contributed by atoms with E-state index in [0.717, 1.165) is 6.20 Å². The minimum absolute atomic E-state index is 0.150. The molecule has 0 saturated heterocycles. The molecule has 0 bridgehead atoms. The molecule has 1 heterocycles. The minimum atomic E-state index is -2.94. The van der Waals surface area contributed by atoms with Gasteiger partial charge < -0.3 is 9.84 Å². The van der Waals surface area contributed by atoms with Crippen molar-refractivity contribution in [2.45, 2.75) is 13.5 Å². The highest BCUT2D eigenvalue weighted by molar-refractivity contribution is 5.87. The molecular formula is C8H7F2NO3. The summed E-state index contributed by atoms with van der Waals surface area (Å²) >= 11 is 0. The van der Waals surface area contributed by atoms with E-state index in [-0.39, 0.29) is 17.0 Å². The van der Waals surface area contributed by atoms with Gasteiger partial charge in [0.05, 0.1) is 6.20 Å². The second-order valence-corrected chi connectivity index (χ2v) is 2.52. The molecule has 0 aliphatic heterocycles. The number of hydrogen-bond acceptors (Lipinski definition) is 3. The van der Waals surface area contributed by atoms with Gasteiger partial charge in [0.15, 0.2) is 5.69 Å². The van der Waals surface area contributed by atoms with Crippen molar-refractivity contribution < 1.29 is 23.4 Å². The Bertz CT molecular complexity index is 354. The number of aromatic nitrogens is 1. The van der Waals surface area contributed by atoms with E-state index in [1.165, 1.54) is 13.0 Å². The van der Waals surface area contributed by atoms with Gasteiger partial charge in [0.25, 0.3) is 0 Å². The molecule has 0 aliphatic carbocycles. The Morgan fingerprint density at radius 3 is 2.71 bits per heavy atom. The van der Waals surface area contributed by atoms with E-state index in [2.05, 4.69) is 9.72 Å². The summed E-state index contributed by atoms with van der Waals surface area (Å²) in [5.41, 5.74) is 0.0993. The number of halogens is 2. The van der Waals surface area contributed by atoms with Crippen LogP contribution in [0.2, 0.25) is 0 Å². The first-order valence-electron chi connectivity index (χ1n) is 3.65. The molecule has 0 unspecified atom stereocenters. The lowest BCUT2D eigenvalue weighted by Crippen LogP contribution is -2.06. The molecule has 0 saturated carbocycles. The van der Waals surface area contributed by atoms with Crippen LogP contribution in [0.25, 0.3) is 0 Å². The number of rotatable bonds is 3. The van der Waals surface area contributed by atoms with Gasteiger partial charge in [0.1, 0.15) is 5.75 Å². The molecule has 4 nitrogen and oxygen atoms in total. The maximum atomic E-state index is 11.7. The van der Waals surface area contributed by atoms with Crippen molar-refractivity contribution in [3.63, 3.8) is 0 Å². The van der Waals surface area contributed by atoms with Crippen molar-refractivity contribution in [2.75, 3.05) is 0 Å². The van der Waals surface area contributed by atoms with E-state index >= 15 is 0 Å². The largest absolute Gasteiger partial charge is 0.477 e. The minimum Gasteiger partial charge on any atom is -0.477 e. The zero-order valence-corrected chi connectivity index (χ0v) is 7.20. The third-order valence-corrected chi connectivity index (χ3v) is 1.48. The number of carboxylic acid groups (broad SMARTS) is 1. The molecular weight excluding hydrogens is 196 g/mol. The van der Waals surface area contributed by atoms with Gasteiger partial charge in [-0.25, -0.2) is 9.78 Å². The Balaban J connectivity index is 2.94. The van der Waals surface area contributed by atoms with Gasteiger partial charge in [-0.1, -0.05) is 0 Å². The number of nitrogens with zero attached hydrogens (tertiary/aromatic N) is 1. The number of carboxylic acids is 1. The molecule has 1 rings (SSSR count). The molecule has 0 aromatic carbocycles. The number of alkyl halides is 2. The summed E-state index contributed by atoms with van der Waals surface area (Å²) in [6, 6.07) is 1.20. The van der Waals surface area contributed by atoms with Crippen molar-refractivity contribution in [2.24, 2.45) is 0 Å². The molecule has 0 fully saturated rings. The Kier molecular flexibility index (Phi) is 2.95. The lowest BCUT2D eigenvalue weighted by Gasteiger charge is -2.05. The fraction of sp³-hybridized carbons (Fsp3) is 0.250. The van der Waals surface area contributed by atoms with Gasteiger partial charge in [-0.05, 0) is 18.6 Å². The molecule has 1 N–H and O–H groups in total. The second kappa shape index (κ2) is 3.99. The maximum Gasteiger partial charge on any atom is 0.387 e. The zero-order valence-electron chi connectivity index (χ0n) is 7.20. The second-order valence-electron chi connectivity index (χ2n) is 2.52. The Hall–Kier alpha value is -1.72. The standard InChI is InChI=1S/C8H7F2NO3/c1-4-2-5(14-8(9)10)3-11-6(4)7(12)13/h2-3,8H,1H3,(H,12,13). The lowest BCUT2D eigenvalue weighted by atomic mass is 10.2. The highest BCUT2D eigenvalue weighted by Crippen LogP contribution is 2.16. The number of pyridine rings is 1. The quantitative estimate of drug-likeness (QED) is 0.811. The maximum absolute atomic E-state index is 11.7. The van der Waals surface area contributed by atoms with E-state index in [0.29, 0.717) is 0 Å². The summed E-state index contributed by atoms with van der Waals surface area (Å²) in [5.74, 6) is -1.35. The van der Waals surface area contributed by atoms with Crippen LogP contribution in [0.1, 0.15) is 16.1 Å². The van der Waals surface area contributed by atoms with Crippen LogP contribution in [0.5, 0.6) is 5.75 Å². The van der Waals surface area contributed by atoms with Crippen LogP contribution in [0.4, 0.5) is 8.78 Å². The van der Waals surface area contributed by atoms with Crippen molar-refractivity contribution in [1.82, 2.24) is 4.98 Å². The summed E-state index contributed by atoms with van der Waals surface area (Å²) in [4.78, 5) is 14.0. The van der Waals surface area contributed by atoms with Gasteiger partial charge in [0.2, 0.25) is 0 Å². The van der Waals surface area contributed by atoms with Crippen LogP contribution in [0.3, 0.4) is 0 Å². The van der Waals surface area contributed by atoms with Crippen molar-refractivity contribution in [1.29, 1.82) is 0 Å². The summed E-state index contributed by atoms with van der Waals surface area (Å²) in [7, 11) is 0. The molecule has 0 aliphatic rings. The molecule has 1 aromatic rings. The van der Waals surface area contributed by atoms with Gasteiger partial charge in [-0.2, -0.15) is 8.78 Å². The monoisotopic (exact) mass is 203 g/mol. The Morgan fingerprint density at radius 2 is 2.29 bits per heavy atom. The first-order chi connectivity index (χ1) is 6.50. The normalized spacial score (nSPS) is 10.3. The van der Waals surface area contributed by atoms with Gasteiger partial charge in [0, 0.05) is 0 Å². The van der Waals surface area contributed by atoms with Crippen LogP contribution in [0.15, 0.2) is 12.3 Å². The highest BCUT2D eigenvalue weighted by atomic mass is 19.3. The number of aryl methyl sites for hydroxylation is 1. The fourth-order valence-electron chi connectivity index (χ4n) is 0.940. The van der Waals surface area contributed by atoms with Crippen LogP contribution < -0.4 is 4.74 Å². The zero-order chi connectivity index (χ0) is 10.7. The van der Waals surface area contributed by atoms with E-state index in [1.54, 1.807) is 0 Å². The third-order valence-electron chi connectivity index (χ3n) is 1.48. The first kappa shape index (κ1) is 10.4. The predicted molar refractivity (Wildman–Crippen MR) is 42.6 cm³/mol. The molecule has 1 aromatic heterocycles. The van der Waals surface area contributed by atoms with Crippen LogP contribution in [-0.2, 0) is 0 Å². The smallest absolute Gasteiger partial charge is 0.387 e. The Morgan fingerprint density at radius 1 is 1.64 bits per heavy atom. The first-order valence-corrected chi connectivity index (χ1v) is 3.65. The Labute approximate surface area is 78.1 Å². The third kappa shape index (κ3) is 2.38. The van der Waals surface area contributed by atoms with E-state index in [1.807, 2.05) is 0 Å². The summed E-state index contributed by atoms with van der Waals surface area (Å²) in [6.45, 7) is -1.48. The molecule has 14 heavy (non-hydrogen) atoms. The van der Waals surface area contributed by atoms with Gasteiger partial charge >= 0.3 is 12.6 Å². The highest BCUT2D eigenvalue weighted by Gasteiger charge is 2.11. The number of carbonyl (C=O) groups is 1. The summed E-state index contributed by atoms with van der Waals surface area (Å²) in [5, 5.41) is 8.59. The van der Waals surface area contributed by atoms with Gasteiger partial charge in [-0.3, -0.25) is 0 Å². The van der Waals surface area contributed by atoms with Crippen molar-refractivity contribution >= 4 is 5.97 Å². The number of ether oxygens (including phenoxy) is 1. The van der Waals surface area contributed by atoms with E-state index in [4.69, 9.17) is 5.11 Å². The summed E-state index contributed by atoms with van der Waals surface area (Å²) < 4.78 is 27.5. The predicted octanol–water partition coefficient (Wildman–Crippen LogP) is 1.69. The molecule has 6 heteroatoms. The SMILES string of the molecule is Cc1cc(OC(F)F)cnc1C(=O)O. The molecule has 76 valence electrons. The molecule has 0 amide bonds. The van der Waals surface area contributed by atoms with Crippen molar-refractivity contribution in [3.05, 3.63) is 23.5 Å². The molecule has 0 spiro atoms. The van der Waals surface area contributed by atoms with Crippen LogP contribution in [0, 0.1) is 6.92 Å². The summed E-state index contributed by atoms with van der Waals surface area (Å²) in [6.07, 6.45) is 0.947. The number of aromatic carboxylic acids is 1. The van der Waals surface area contributed by atoms with E-state index in [9.17, 15) is 13.6 Å². The van der Waals surface area contributed by atoms with Crippen LogP contribution >= 0.6 is 0 Å². The average Bonchev–Trinajstić information content (AvgIpc) is 2.01. The van der Waals surface area contributed by atoms with E-state index < -0.39 is 12.6 Å². The molecule has 0 atom stereocenters. The lowest BCUT2D eigenvalue weighted by molar-refractivity contribution is -0.0501. The average molecular weight is 203 g/mol. The molecule has 0 radical (unpaired) electrons. The van der Waals surface area contributed by atoms with Gasteiger partial charge in [-0.15, -0.1) is 0 Å². The topological polar surface area (TPSA) is 59.4 Å².